The van der Waals surface area contributed by atoms with Gasteiger partial charge in [-0.05, 0) is 44.6 Å². The van der Waals surface area contributed by atoms with Gasteiger partial charge in [-0.3, -0.25) is 0 Å². The predicted octanol–water partition coefficient (Wildman–Crippen LogP) is 2.99. The van der Waals surface area contributed by atoms with Gasteiger partial charge in [0, 0.05) is 25.2 Å². The highest BCUT2D eigenvalue weighted by atomic mass is 16.5. The zero-order valence-electron chi connectivity index (χ0n) is 12.7. The van der Waals surface area contributed by atoms with Crippen molar-refractivity contribution in [2.45, 2.75) is 58.5 Å². The van der Waals surface area contributed by atoms with Crippen molar-refractivity contribution < 1.29 is 9.47 Å². The Labute approximate surface area is 118 Å². The molecule has 2 aliphatic rings. The van der Waals surface area contributed by atoms with Crippen molar-refractivity contribution in [2.24, 2.45) is 11.3 Å². The smallest absolute Gasteiger partial charge is 0.0576 e. The largest absolute Gasteiger partial charge is 0.381 e. The van der Waals surface area contributed by atoms with Crippen LogP contribution >= 0.6 is 0 Å². The van der Waals surface area contributed by atoms with Crippen molar-refractivity contribution in [1.82, 2.24) is 5.32 Å². The van der Waals surface area contributed by atoms with Gasteiger partial charge in [0.05, 0.1) is 12.7 Å². The minimum absolute atomic E-state index is 0.396. The first-order valence-corrected chi connectivity index (χ1v) is 8.10. The van der Waals surface area contributed by atoms with Crippen LogP contribution in [0.25, 0.3) is 0 Å². The van der Waals surface area contributed by atoms with Gasteiger partial charge in [0.1, 0.15) is 0 Å². The first-order chi connectivity index (χ1) is 9.20. The normalized spacial score (nSPS) is 31.4. The van der Waals surface area contributed by atoms with Crippen LogP contribution in [-0.4, -0.2) is 39.0 Å². The van der Waals surface area contributed by atoms with Crippen molar-refractivity contribution in [3.8, 4) is 0 Å². The number of hydrogen-bond donors (Lipinski definition) is 1. The van der Waals surface area contributed by atoms with E-state index in [1.54, 1.807) is 0 Å². The van der Waals surface area contributed by atoms with E-state index in [9.17, 15) is 0 Å². The van der Waals surface area contributed by atoms with E-state index in [4.69, 9.17) is 9.47 Å². The number of ether oxygens (including phenoxy) is 2. The van der Waals surface area contributed by atoms with Crippen molar-refractivity contribution >= 4 is 0 Å². The first kappa shape index (κ1) is 15.3. The van der Waals surface area contributed by atoms with E-state index in [1.807, 2.05) is 0 Å². The third kappa shape index (κ3) is 5.05. The zero-order valence-corrected chi connectivity index (χ0v) is 12.7. The Morgan fingerprint density at radius 3 is 2.84 bits per heavy atom. The molecule has 2 saturated heterocycles. The monoisotopic (exact) mass is 269 g/mol. The molecule has 2 rings (SSSR count). The van der Waals surface area contributed by atoms with Crippen molar-refractivity contribution in [2.75, 3.05) is 32.9 Å². The predicted molar refractivity (Wildman–Crippen MR) is 78.4 cm³/mol. The van der Waals surface area contributed by atoms with Crippen LogP contribution in [0.2, 0.25) is 0 Å². The molecule has 1 N–H and O–H groups in total. The van der Waals surface area contributed by atoms with Crippen molar-refractivity contribution in [3.05, 3.63) is 0 Å². The lowest BCUT2D eigenvalue weighted by atomic mass is 9.81. The summed E-state index contributed by atoms with van der Waals surface area (Å²) in [5.74, 6) is 0.728. The highest BCUT2D eigenvalue weighted by molar-refractivity contribution is 4.86. The maximum atomic E-state index is 5.72. The molecule has 2 heterocycles. The van der Waals surface area contributed by atoms with Gasteiger partial charge in [-0.25, -0.2) is 0 Å². The van der Waals surface area contributed by atoms with Crippen molar-refractivity contribution in [3.63, 3.8) is 0 Å². The third-order valence-corrected chi connectivity index (χ3v) is 4.49. The summed E-state index contributed by atoms with van der Waals surface area (Å²) in [6.07, 6.45) is 8.12. The van der Waals surface area contributed by atoms with Crippen LogP contribution in [0.15, 0.2) is 0 Å². The second-order valence-corrected chi connectivity index (χ2v) is 6.85. The average molecular weight is 269 g/mol. The molecule has 0 saturated carbocycles. The number of rotatable bonds is 8. The lowest BCUT2D eigenvalue weighted by Crippen LogP contribution is -2.36. The molecule has 19 heavy (non-hydrogen) atoms. The average Bonchev–Trinajstić information content (AvgIpc) is 3.01. The summed E-state index contributed by atoms with van der Waals surface area (Å²) in [6, 6.07) is 0. The third-order valence-electron chi connectivity index (χ3n) is 4.49. The van der Waals surface area contributed by atoms with Gasteiger partial charge < -0.3 is 14.8 Å². The van der Waals surface area contributed by atoms with Gasteiger partial charge in [0.15, 0.2) is 0 Å². The fourth-order valence-electron chi connectivity index (χ4n) is 3.28. The Hall–Kier alpha value is -0.120. The summed E-state index contributed by atoms with van der Waals surface area (Å²) in [7, 11) is 0. The van der Waals surface area contributed by atoms with Gasteiger partial charge in [-0.2, -0.15) is 0 Å². The lowest BCUT2D eigenvalue weighted by molar-refractivity contribution is 0.0937. The van der Waals surface area contributed by atoms with Gasteiger partial charge in [0.25, 0.3) is 0 Å². The van der Waals surface area contributed by atoms with E-state index in [0.717, 1.165) is 38.8 Å². The van der Waals surface area contributed by atoms with Crippen LogP contribution in [0, 0.1) is 11.3 Å². The summed E-state index contributed by atoms with van der Waals surface area (Å²) in [6.45, 7) is 9.65. The highest BCUT2D eigenvalue weighted by Gasteiger charge is 2.34. The summed E-state index contributed by atoms with van der Waals surface area (Å²) in [4.78, 5) is 0. The molecule has 2 unspecified atom stereocenters. The van der Waals surface area contributed by atoms with E-state index < -0.39 is 0 Å². The second-order valence-electron chi connectivity index (χ2n) is 6.85. The molecule has 3 heteroatoms. The second kappa shape index (κ2) is 7.61. The Kier molecular flexibility index (Phi) is 6.11. The Bertz CT molecular complexity index is 243. The molecular weight excluding hydrogens is 238 g/mol. The highest BCUT2D eigenvalue weighted by Crippen LogP contribution is 2.34. The van der Waals surface area contributed by atoms with Crippen LogP contribution in [0.5, 0.6) is 0 Å². The molecule has 2 atom stereocenters. The SMILES string of the molecule is CC(C)CNCC1(CCCC2CCCO2)CCOC1. The molecular formula is C16H31NO2. The molecule has 0 aromatic heterocycles. The molecule has 0 aliphatic carbocycles. The number of hydrogen-bond acceptors (Lipinski definition) is 3. The van der Waals surface area contributed by atoms with Crippen molar-refractivity contribution in [1.29, 1.82) is 0 Å². The molecule has 3 nitrogen and oxygen atoms in total. The summed E-state index contributed by atoms with van der Waals surface area (Å²) in [5, 5.41) is 3.63. The minimum Gasteiger partial charge on any atom is -0.381 e. The number of nitrogens with one attached hydrogen (secondary N) is 1. The zero-order chi connectivity index (χ0) is 13.6. The molecule has 0 bridgehead atoms. The minimum atomic E-state index is 0.396. The Balaban J connectivity index is 1.68. The molecule has 0 amide bonds. The first-order valence-electron chi connectivity index (χ1n) is 8.10. The van der Waals surface area contributed by atoms with E-state index in [2.05, 4.69) is 19.2 Å². The van der Waals surface area contributed by atoms with E-state index in [1.165, 1.54) is 38.5 Å². The topological polar surface area (TPSA) is 30.5 Å². The quantitative estimate of drug-likeness (QED) is 0.735. The van der Waals surface area contributed by atoms with Gasteiger partial charge in [0.2, 0.25) is 0 Å². The lowest BCUT2D eigenvalue weighted by Gasteiger charge is -2.28. The van der Waals surface area contributed by atoms with Crippen LogP contribution in [-0.2, 0) is 9.47 Å². The molecule has 2 aliphatic heterocycles. The molecule has 0 aromatic rings. The fraction of sp³-hybridized carbons (Fsp3) is 1.00. The Morgan fingerprint density at radius 1 is 1.32 bits per heavy atom. The molecule has 0 aromatic carbocycles. The van der Waals surface area contributed by atoms with E-state index in [-0.39, 0.29) is 0 Å². The maximum Gasteiger partial charge on any atom is 0.0576 e. The fourth-order valence-corrected chi connectivity index (χ4v) is 3.28. The van der Waals surface area contributed by atoms with Gasteiger partial charge >= 0.3 is 0 Å². The summed E-state index contributed by atoms with van der Waals surface area (Å²) < 4.78 is 11.4. The van der Waals surface area contributed by atoms with Crippen LogP contribution < -0.4 is 5.32 Å². The van der Waals surface area contributed by atoms with E-state index >= 15 is 0 Å². The van der Waals surface area contributed by atoms with Crippen LogP contribution in [0.4, 0.5) is 0 Å². The molecule has 112 valence electrons. The van der Waals surface area contributed by atoms with Gasteiger partial charge in [-0.15, -0.1) is 0 Å². The standard InChI is InChI=1S/C16H31NO2/c1-14(2)11-17-12-16(8-10-18-13-16)7-3-5-15-6-4-9-19-15/h14-15,17H,3-13H2,1-2H3. The van der Waals surface area contributed by atoms with Gasteiger partial charge in [-0.1, -0.05) is 20.3 Å². The Morgan fingerprint density at radius 2 is 2.21 bits per heavy atom. The molecule has 2 fully saturated rings. The molecule has 0 spiro atoms. The van der Waals surface area contributed by atoms with Crippen LogP contribution in [0.1, 0.15) is 52.4 Å². The maximum absolute atomic E-state index is 5.72. The summed E-state index contributed by atoms with van der Waals surface area (Å²) >= 11 is 0. The molecule has 0 radical (unpaired) electrons. The summed E-state index contributed by atoms with van der Waals surface area (Å²) in [5.41, 5.74) is 0.396. The van der Waals surface area contributed by atoms with E-state index in [0.29, 0.717) is 11.5 Å². The van der Waals surface area contributed by atoms with Crippen LogP contribution in [0.3, 0.4) is 0 Å².